The fourth-order valence-corrected chi connectivity index (χ4v) is 2.94. The average molecular weight is 323 g/mol. The number of para-hydroxylation sites is 1. The first-order valence-electron chi connectivity index (χ1n) is 8.53. The van der Waals surface area contributed by atoms with Crippen molar-refractivity contribution in [3.63, 3.8) is 0 Å². The topological polar surface area (TPSA) is 53.1 Å². The van der Waals surface area contributed by atoms with E-state index in [2.05, 4.69) is 30.5 Å². The third-order valence-electron chi connectivity index (χ3n) is 4.35. The highest BCUT2D eigenvalue weighted by Gasteiger charge is 2.11. The van der Waals surface area contributed by atoms with Crippen LogP contribution in [0, 0.1) is 13.8 Å². The molecule has 1 heterocycles. The minimum absolute atomic E-state index is 0.617. The third-order valence-corrected chi connectivity index (χ3v) is 4.35. The molecule has 0 bridgehead atoms. The maximum absolute atomic E-state index is 5.81. The van der Waals surface area contributed by atoms with Crippen LogP contribution < -0.4 is 10.5 Å². The molecule has 1 aromatic heterocycles. The van der Waals surface area contributed by atoms with E-state index in [0.29, 0.717) is 13.2 Å². The van der Waals surface area contributed by atoms with Gasteiger partial charge in [-0.25, -0.2) is 4.98 Å². The Labute approximate surface area is 143 Å². The number of aryl methyl sites for hydroxylation is 3. The second-order valence-electron chi connectivity index (χ2n) is 6.16. The van der Waals surface area contributed by atoms with E-state index in [0.717, 1.165) is 36.5 Å². The van der Waals surface area contributed by atoms with Crippen LogP contribution in [0.25, 0.3) is 11.0 Å². The Morgan fingerprint density at radius 1 is 1.08 bits per heavy atom. The van der Waals surface area contributed by atoms with E-state index in [1.165, 1.54) is 16.6 Å². The molecule has 0 radical (unpaired) electrons. The van der Waals surface area contributed by atoms with E-state index < -0.39 is 0 Å². The van der Waals surface area contributed by atoms with Crippen LogP contribution in [-0.4, -0.2) is 22.7 Å². The molecule has 4 nitrogen and oxygen atoms in total. The number of nitrogens with two attached hydrogens (primary N) is 1. The van der Waals surface area contributed by atoms with Crippen LogP contribution in [0.4, 0.5) is 0 Å². The Bertz CT molecular complexity index is 809. The number of nitrogens with zero attached hydrogens (tertiary/aromatic N) is 2. The maximum atomic E-state index is 5.81. The fraction of sp³-hybridized carbons (Fsp3) is 0.350. The molecular weight excluding hydrogens is 298 g/mol. The maximum Gasteiger partial charge on any atom is 0.119 e. The smallest absolute Gasteiger partial charge is 0.119 e. The van der Waals surface area contributed by atoms with Gasteiger partial charge < -0.3 is 15.0 Å². The summed E-state index contributed by atoms with van der Waals surface area (Å²) < 4.78 is 8.03. The van der Waals surface area contributed by atoms with Crippen molar-refractivity contribution in [2.45, 2.75) is 33.2 Å². The Morgan fingerprint density at radius 3 is 2.58 bits per heavy atom. The molecule has 0 fully saturated rings. The second kappa shape index (κ2) is 7.49. The SMILES string of the molecule is Cc1cc2nc(CCCOc3ccccc3)n(CCN)c2cc1C. The van der Waals surface area contributed by atoms with Crippen LogP contribution in [0.3, 0.4) is 0 Å². The largest absolute Gasteiger partial charge is 0.494 e. The van der Waals surface area contributed by atoms with E-state index in [1.807, 2.05) is 30.3 Å². The van der Waals surface area contributed by atoms with Gasteiger partial charge in [-0.1, -0.05) is 18.2 Å². The van der Waals surface area contributed by atoms with Gasteiger partial charge in [0.25, 0.3) is 0 Å². The van der Waals surface area contributed by atoms with Crippen molar-refractivity contribution in [2.24, 2.45) is 5.73 Å². The molecule has 0 amide bonds. The first kappa shape index (κ1) is 16.5. The van der Waals surface area contributed by atoms with Crippen molar-refractivity contribution in [3.8, 4) is 5.75 Å². The minimum atomic E-state index is 0.617. The van der Waals surface area contributed by atoms with Crippen LogP contribution in [-0.2, 0) is 13.0 Å². The first-order chi connectivity index (χ1) is 11.7. The van der Waals surface area contributed by atoms with Gasteiger partial charge >= 0.3 is 0 Å². The summed E-state index contributed by atoms with van der Waals surface area (Å²) in [4.78, 5) is 4.83. The fourth-order valence-electron chi connectivity index (χ4n) is 2.94. The van der Waals surface area contributed by atoms with E-state index >= 15 is 0 Å². The van der Waals surface area contributed by atoms with Crippen LogP contribution in [0.15, 0.2) is 42.5 Å². The molecule has 4 heteroatoms. The Kier molecular flexibility index (Phi) is 5.16. The third kappa shape index (κ3) is 3.60. The summed E-state index contributed by atoms with van der Waals surface area (Å²) in [6.45, 7) is 6.37. The normalized spacial score (nSPS) is 11.1. The molecule has 2 N–H and O–H groups in total. The van der Waals surface area contributed by atoms with E-state index in [9.17, 15) is 0 Å². The molecule has 0 saturated heterocycles. The monoisotopic (exact) mass is 323 g/mol. The number of imidazole rings is 1. The van der Waals surface area contributed by atoms with Gasteiger partial charge in [-0.2, -0.15) is 0 Å². The highest BCUT2D eigenvalue weighted by Crippen LogP contribution is 2.21. The average Bonchev–Trinajstić information content (AvgIpc) is 2.90. The predicted octanol–water partition coefficient (Wildman–Crippen LogP) is 3.62. The zero-order valence-corrected chi connectivity index (χ0v) is 14.5. The van der Waals surface area contributed by atoms with Crippen molar-refractivity contribution in [1.82, 2.24) is 9.55 Å². The van der Waals surface area contributed by atoms with Crippen LogP contribution >= 0.6 is 0 Å². The van der Waals surface area contributed by atoms with Crippen LogP contribution in [0.1, 0.15) is 23.4 Å². The van der Waals surface area contributed by atoms with Gasteiger partial charge in [0.2, 0.25) is 0 Å². The molecule has 126 valence electrons. The molecule has 2 aromatic carbocycles. The summed E-state index contributed by atoms with van der Waals surface area (Å²) in [7, 11) is 0. The number of rotatable bonds is 7. The van der Waals surface area contributed by atoms with Gasteiger partial charge in [-0.3, -0.25) is 0 Å². The standard InChI is InChI=1S/C20H25N3O/c1-15-13-18-19(14-16(15)2)23(11-10-21)20(22-18)9-6-12-24-17-7-4-3-5-8-17/h3-5,7-8,13-14H,6,9-12,21H2,1-2H3. The lowest BCUT2D eigenvalue weighted by atomic mass is 10.1. The Hall–Kier alpha value is -2.33. The minimum Gasteiger partial charge on any atom is -0.494 e. The number of ether oxygens (including phenoxy) is 1. The van der Waals surface area contributed by atoms with Gasteiger partial charge in [-0.05, 0) is 55.7 Å². The first-order valence-corrected chi connectivity index (χ1v) is 8.53. The summed E-state index contributed by atoms with van der Waals surface area (Å²) in [5.41, 5.74) is 10.6. The van der Waals surface area contributed by atoms with Crippen molar-refractivity contribution in [3.05, 3.63) is 59.4 Å². The summed E-state index contributed by atoms with van der Waals surface area (Å²) >= 11 is 0. The number of benzene rings is 2. The van der Waals surface area contributed by atoms with E-state index in [4.69, 9.17) is 15.5 Å². The van der Waals surface area contributed by atoms with E-state index in [-0.39, 0.29) is 0 Å². The predicted molar refractivity (Wildman–Crippen MR) is 98.5 cm³/mol. The second-order valence-corrected chi connectivity index (χ2v) is 6.16. The summed E-state index contributed by atoms with van der Waals surface area (Å²) in [5.74, 6) is 2.01. The van der Waals surface area contributed by atoms with Gasteiger partial charge in [-0.15, -0.1) is 0 Å². The van der Waals surface area contributed by atoms with Crippen molar-refractivity contribution in [1.29, 1.82) is 0 Å². The molecule has 3 rings (SSSR count). The van der Waals surface area contributed by atoms with Crippen LogP contribution in [0.5, 0.6) is 5.75 Å². The van der Waals surface area contributed by atoms with Crippen LogP contribution in [0.2, 0.25) is 0 Å². The zero-order valence-electron chi connectivity index (χ0n) is 14.5. The van der Waals surface area contributed by atoms with E-state index in [1.54, 1.807) is 0 Å². The molecule has 0 atom stereocenters. The molecule has 0 aliphatic rings. The highest BCUT2D eigenvalue weighted by molar-refractivity contribution is 5.78. The number of hydrogen-bond donors (Lipinski definition) is 1. The molecule has 0 saturated carbocycles. The molecule has 3 aromatic rings. The lowest BCUT2D eigenvalue weighted by molar-refractivity contribution is 0.309. The molecule has 0 aliphatic carbocycles. The lowest BCUT2D eigenvalue weighted by Crippen LogP contribution is -2.13. The number of fused-ring (bicyclic) bond motifs is 1. The number of aromatic nitrogens is 2. The zero-order chi connectivity index (χ0) is 16.9. The lowest BCUT2D eigenvalue weighted by Gasteiger charge is -2.09. The van der Waals surface area contributed by atoms with Crippen molar-refractivity contribution in [2.75, 3.05) is 13.2 Å². The van der Waals surface area contributed by atoms with Gasteiger partial charge in [0.15, 0.2) is 0 Å². The summed E-state index contributed by atoms with van der Waals surface area (Å²) in [6.07, 6.45) is 1.82. The molecule has 24 heavy (non-hydrogen) atoms. The van der Waals surface area contributed by atoms with Gasteiger partial charge in [0.1, 0.15) is 11.6 Å². The number of hydrogen-bond acceptors (Lipinski definition) is 3. The van der Waals surface area contributed by atoms with Crippen molar-refractivity contribution < 1.29 is 4.74 Å². The Morgan fingerprint density at radius 2 is 1.83 bits per heavy atom. The summed E-state index contributed by atoms with van der Waals surface area (Å²) in [6, 6.07) is 14.3. The summed E-state index contributed by atoms with van der Waals surface area (Å²) in [5, 5.41) is 0. The molecule has 0 spiro atoms. The molecular formula is C20H25N3O. The van der Waals surface area contributed by atoms with Gasteiger partial charge in [0.05, 0.1) is 17.6 Å². The molecule has 0 unspecified atom stereocenters. The van der Waals surface area contributed by atoms with Gasteiger partial charge in [0, 0.05) is 19.5 Å². The highest BCUT2D eigenvalue weighted by atomic mass is 16.5. The quantitative estimate of drug-likeness (QED) is 0.676. The van der Waals surface area contributed by atoms with Crippen molar-refractivity contribution >= 4 is 11.0 Å². The Balaban J connectivity index is 1.72. The molecule has 0 aliphatic heterocycles.